The van der Waals surface area contributed by atoms with Gasteiger partial charge in [-0.3, -0.25) is 10.4 Å². The Morgan fingerprint density at radius 2 is 2.29 bits per heavy atom. The fourth-order valence-corrected chi connectivity index (χ4v) is 2.19. The van der Waals surface area contributed by atoms with Crippen molar-refractivity contribution < 1.29 is 4.74 Å². The maximum Gasteiger partial charge on any atom is 0.210 e. The molecular formula is C14H18ClN5O. The highest BCUT2D eigenvalue weighted by Crippen LogP contribution is 2.27. The molecule has 1 aromatic carbocycles. The fourth-order valence-electron chi connectivity index (χ4n) is 1.97. The standard InChI is InChI=1S/C14H18ClN5O/c1-9(8-21-2)18-14(20-16)19-12-6-5-11(15)10-4-3-7-17-13(10)12/h3-7,9H,8,16H2,1-2H3,(H2,18,19,20). The number of ether oxygens (including phenoxy) is 1. The lowest BCUT2D eigenvalue weighted by atomic mass is 10.2. The third-order valence-electron chi connectivity index (χ3n) is 2.86. The van der Waals surface area contributed by atoms with Gasteiger partial charge in [-0.2, -0.15) is 0 Å². The molecule has 0 aliphatic heterocycles. The number of rotatable bonds is 4. The van der Waals surface area contributed by atoms with Crippen LogP contribution in [0.2, 0.25) is 5.02 Å². The number of fused-ring (bicyclic) bond motifs is 1. The molecule has 0 radical (unpaired) electrons. The van der Waals surface area contributed by atoms with Crippen LogP contribution < -0.4 is 16.6 Å². The number of anilines is 1. The molecule has 0 amide bonds. The summed E-state index contributed by atoms with van der Waals surface area (Å²) in [6, 6.07) is 7.37. The van der Waals surface area contributed by atoms with Gasteiger partial charge in [0.1, 0.15) is 0 Å². The van der Waals surface area contributed by atoms with Gasteiger partial charge in [0.2, 0.25) is 5.96 Å². The summed E-state index contributed by atoms with van der Waals surface area (Å²) in [4.78, 5) is 8.74. The van der Waals surface area contributed by atoms with Crippen molar-refractivity contribution in [3.63, 3.8) is 0 Å². The molecule has 7 heteroatoms. The molecule has 6 nitrogen and oxygen atoms in total. The Balaban J connectivity index is 2.32. The largest absolute Gasteiger partial charge is 0.382 e. The molecule has 1 heterocycles. The highest BCUT2D eigenvalue weighted by Gasteiger charge is 2.08. The first kappa shape index (κ1) is 15.5. The van der Waals surface area contributed by atoms with Crippen molar-refractivity contribution in [1.82, 2.24) is 10.4 Å². The summed E-state index contributed by atoms with van der Waals surface area (Å²) in [6.45, 7) is 2.44. The molecule has 1 aromatic heterocycles. The van der Waals surface area contributed by atoms with Crippen LogP contribution in [0, 0.1) is 0 Å². The number of benzene rings is 1. The minimum atomic E-state index is -0.0277. The van der Waals surface area contributed by atoms with Crippen LogP contribution in [-0.4, -0.2) is 30.7 Å². The molecule has 0 spiro atoms. The molecule has 0 aliphatic rings. The number of nitrogens with one attached hydrogen (secondary N) is 2. The van der Waals surface area contributed by atoms with E-state index in [0.717, 1.165) is 16.6 Å². The van der Waals surface area contributed by atoms with Crippen LogP contribution in [0.15, 0.2) is 35.5 Å². The third kappa shape index (κ3) is 3.81. The zero-order chi connectivity index (χ0) is 15.2. The number of pyridine rings is 1. The average molecular weight is 308 g/mol. The van der Waals surface area contributed by atoms with E-state index < -0.39 is 0 Å². The first-order chi connectivity index (χ1) is 10.2. The van der Waals surface area contributed by atoms with Crippen LogP contribution in [0.4, 0.5) is 5.69 Å². The SMILES string of the molecule is COCC(C)N=C(NN)Nc1ccc(Cl)c2cccnc12. The van der Waals surface area contributed by atoms with Crippen molar-refractivity contribution in [2.45, 2.75) is 13.0 Å². The Morgan fingerprint density at radius 1 is 1.48 bits per heavy atom. The number of hydrogen-bond donors (Lipinski definition) is 3. The minimum absolute atomic E-state index is 0.0277. The van der Waals surface area contributed by atoms with Crippen molar-refractivity contribution in [1.29, 1.82) is 0 Å². The van der Waals surface area contributed by atoms with E-state index in [1.165, 1.54) is 0 Å². The molecule has 0 saturated carbocycles. The lowest BCUT2D eigenvalue weighted by Gasteiger charge is -2.13. The average Bonchev–Trinajstić information content (AvgIpc) is 2.49. The molecule has 0 bridgehead atoms. The summed E-state index contributed by atoms with van der Waals surface area (Å²) in [6.07, 6.45) is 1.71. The van der Waals surface area contributed by atoms with Crippen molar-refractivity contribution in [2.24, 2.45) is 10.8 Å². The molecule has 0 aliphatic carbocycles. The van der Waals surface area contributed by atoms with Crippen LogP contribution >= 0.6 is 11.6 Å². The Bertz CT molecular complexity index is 646. The number of aliphatic imine (C=N–C) groups is 1. The fraction of sp³-hybridized carbons (Fsp3) is 0.286. The van der Waals surface area contributed by atoms with E-state index in [-0.39, 0.29) is 6.04 Å². The molecule has 2 aromatic rings. The van der Waals surface area contributed by atoms with Gasteiger partial charge in [-0.15, -0.1) is 0 Å². The Kier molecular flexibility index (Phi) is 5.32. The Labute approximate surface area is 128 Å². The van der Waals surface area contributed by atoms with Gasteiger partial charge in [0.25, 0.3) is 0 Å². The highest BCUT2D eigenvalue weighted by molar-refractivity contribution is 6.35. The van der Waals surface area contributed by atoms with Gasteiger partial charge in [-0.1, -0.05) is 11.6 Å². The number of nitrogens with two attached hydrogens (primary N) is 1. The summed E-state index contributed by atoms with van der Waals surface area (Å²) >= 11 is 6.17. The first-order valence-corrected chi connectivity index (χ1v) is 6.87. The van der Waals surface area contributed by atoms with Gasteiger partial charge in [-0.25, -0.2) is 10.8 Å². The molecule has 4 N–H and O–H groups in total. The number of nitrogens with zero attached hydrogens (tertiary/aromatic N) is 2. The van der Waals surface area contributed by atoms with Crippen LogP contribution in [-0.2, 0) is 4.74 Å². The molecule has 1 atom stereocenters. The molecule has 21 heavy (non-hydrogen) atoms. The first-order valence-electron chi connectivity index (χ1n) is 6.49. The summed E-state index contributed by atoms with van der Waals surface area (Å²) in [5.74, 6) is 5.95. The normalized spacial score (nSPS) is 13.2. The molecule has 0 saturated heterocycles. The van der Waals surface area contributed by atoms with Gasteiger partial charge >= 0.3 is 0 Å². The number of guanidine groups is 1. The number of hydrogen-bond acceptors (Lipinski definition) is 4. The predicted molar refractivity (Wildman–Crippen MR) is 86.5 cm³/mol. The van der Waals surface area contributed by atoms with Crippen molar-refractivity contribution in [3.05, 3.63) is 35.5 Å². The predicted octanol–water partition coefficient (Wildman–Crippen LogP) is 2.15. The summed E-state index contributed by atoms with van der Waals surface area (Å²) < 4.78 is 5.05. The van der Waals surface area contributed by atoms with E-state index >= 15 is 0 Å². The van der Waals surface area contributed by atoms with E-state index in [1.807, 2.05) is 25.1 Å². The lowest BCUT2D eigenvalue weighted by Crippen LogP contribution is -2.37. The van der Waals surface area contributed by atoms with Gasteiger partial charge in [0.15, 0.2) is 0 Å². The summed E-state index contributed by atoms with van der Waals surface area (Å²) in [5, 5.41) is 4.64. The second-order valence-corrected chi connectivity index (χ2v) is 4.95. The number of hydrazine groups is 1. The van der Waals surface area contributed by atoms with Gasteiger partial charge in [0, 0.05) is 18.7 Å². The van der Waals surface area contributed by atoms with Crippen molar-refractivity contribution in [2.75, 3.05) is 19.0 Å². The second kappa shape index (κ2) is 7.21. The Hall–Kier alpha value is -1.89. The van der Waals surface area contributed by atoms with E-state index in [4.69, 9.17) is 22.2 Å². The van der Waals surface area contributed by atoms with Gasteiger partial charge < -0.3 is 10.1 Å². The second-order valence-electron chi connectivity index (χ2n) is 4.55. The van der Waals surface area contributed by atoms with Gasteiger partial charge in [0.05, 0.1) is 28.9 Å². The topological polar surface area (TPSA) is 84.6 Å². The molecule has 0 fully saturated rings. The number of halogens is 1. The van der Waals surface area contributed by atoms with Crippen molar-refractivity contribution in [3.8, 4) is 0 Å². The monoisotopic (exact) mass is 307 g/mol. The summed E-state index contributed by atoms with van der Waals surface area (Å²) in [7, 11) is 1.63. The van der Waals surface area contributed by atoms with E-state index in [0.29, 0.717) is 17.6 Å². The van der Waals surface area contributed by atoms with E-state index in [9.17, 15) is 0 Å². The number of aromatic nitrogens is 1. The lowest BCUT2D eigenvalue weighted by molar-refractivity contribution is 0.185. The zero-order valence-corrected chi connectivity index (χ0v) is 12.7. The molecule has 2 rings (SSSR count). The molecule has 1 unspecified atom stereocenters. The van der Waals surface area contributed by atoms with E-state index in [2.05, 4.69) is 20.7 Å². The maximum absolute atomic E-state index is 6.17. The number of methoxy groups -OCH3 is 1. The summed E-state index contributed by atoms with van der Waals surface area (Å²) in [5.41, 5.74) is 4.07. The minimum Gasteiger partial charge on any atom is -0.382 e. The van der Waals surface area contributed by atoms with Crippen LogP contribution in [0.25, 0.3) is 10.9 Å². The molecule has 112 valence electrons. The third-order valence-corrected chi connectivity index (χ3v) is 3.19. The van der Waals surface area contributed by atoms with Crippen LogP contribution in [0.5, 0.6) is 0 Å². The van der Waals surface area contributed by atoms with Crippen LogP contribution in [0.3, 0.4) is 0 Å². The highest BCUT2D eigenvalue weighted by atomic mass is 35.5. The maximum atomic E-state index is 6.17. The van der Waals surface area contributed by atoms with Gasteiger partial charge in [-0.05, 0) is 31.2 Å². The smallest absolute Gasteiger partial charge is 0.210 e. The van der Waals surface area contributed by atoms with E-state index in [1.54, 1.807) is 19.4 Å². The van der Waals surface area contributed by atoms with Crippen LogP contribution in [0.1, 0.15) is 6.92 Å². The zero-order valence-electron chi connectivity index (χ0n) is 11.9. The quantitative estimate of drug-likeness (QED) is 0.349. The Morgan fingerprint density at radius 3 is 3.00 bits per heavy atom. The van der Waals surface area contributed by atoms with Crippen molar-refractivity contribution >= 4 is 34.2 Å². The molecular weight excluding hydrogens is 290 g/mol.